The lowest BCUT2D eigenvalue weighted by Crippen LogP contribution is -2.25. The van der Waals surface area contributed by atoms with Gasteiger partial charge in [0, 0.05) is 6.07 Å². The quantitative estimate of drug-likeness (QED) is 0.755. The molecule has 0 aliphatic rings. The van der Waals surface area contributed by atoms with E-state index >= 15 is 0 Å². The van der Waals surface area contributed by atoms with Crippen LogP contribution in [0.15, 0.2) is 48.5 Å². The van der Waals surface area contributed by atoms with Gasteiger partial charge < -0.3 is 14.6 Å². The van der Waals surface area contributed by atoms with E-state index in [1.807, 2.05) is 56.3 Å². The third-order valence-electron chi connectivity index (χ3n) is 3.80. The van der Waals surface area contributed by atoms with Crippen molar-refractivity contribution in [2.75, 3.05) is 13.2 Å². The molecule has 0 saturated heterocycles. The summed E-state index contributed by atoms with van der Waals surface area (Å²) in [5.41, 5.74) is 1.87. The fourth-order valence-electron chi connectivity index (χ4n) is 2.27. The summed E-state index contributed by atoms with van der Waals surface area (Å²) in [5.74, 6) is 1.13. The molecule has 3 rings (SSSR count). The average Bonchev–Trinajstić information content (AvgIpc) is 2.60. The molecule has 0 radical (unpaired) electrons. The Bertz CT molecular complexity index is 836. The molecule has 0 aliphatic heterocycles. The maximum absolute atomic E-state index is 10.0. The monoisotopic (exact) mass is 324 g/mol. The molecule has 5 heteroatoms. The Balaban J connectivity index is 1.52. The highest BCUT2D eigenvalue weighted by Gasteiger charge is 2.08. The van der Waals surface area contributed by atoms with Crippen LogP contribution >= 0.6 is 0 Å². The van der Waals surface area contributed by atoms with E-state index in [9.17, 15) is 5.11 Å². The lowest BCUT2D eigenvalue weighted by Gasteiger charge is -2.13. The predicted molar refractivity (Wildman–Crippen MR) is 92.5 cm³/mol. The van der Waals surface area contributed by atoms with Crippen molar-refractivity contribution in [2.24, 2.45) is 0 Å². The third-order valence-corrected chi connectivity index (χ3v) is 3.80. The SMILES string of the molecule is Cc1cc(OCC(O)COc2ccc3ccccc3c2)nnc1C. The molecule has 1 N–H and O–H groups in total. The topological polar surface area (TPSA) is 64.5 Å². The standard InChI is InChI=1S/C19H20N2O3/c1-13-9-19(21-20-14(13)2)24-12-17(22)11-23-18-8-7-15-5-3-4-6-16(15)10-18/h3-10,17,22H,11-12H2,1-2H3. The normalized spacial score (nSPS) is 12.1. The Morgan fingerprint density at radius 3 is 2.46 bits per heavy atom. The zero-order chi connectivity index (χ0) is 16.9. The number of aliphatic hydroxyl groups excluding tert-OH is 1. The summed E-state index contributed by atoms with van der Waals surface area (Å²) in [7, 11) is 0. The van der Waals surface area contributed by atoms with Crippen LogP contribution in [-0.4, -0.2) is 34.6 Å². The maximum atomic E-state index is 10.0. The Kier molecular flexibility index (Phi) is 4.91. The first-order valence-electron chi connectivity index (χ1n) is 7.85. The van der Waals surface area contributed by atoms with E-state index in [4.69, 9.17) is 9.47 Å². The van der Waals surface area contributed by atoms with Gasteiger partial charge in [-0.2, -0.15) is 5.10 Å². The van der Waals surface area contributed by atoms with Crippen LogP contribution in [0.2, 0.25) is 0 Å². The van der Waals surface area contributed by atoms with Gasteiger partial charge in [0.05, 0.1) is 5.69 Å². The molecule has 3 aromatic rings. The number of hydrogen-bond donors (Lipinski definition) is 1. The molecule has 1 atom stereocenters. The second-order valence-electron chi connectivity index (χ2n) is 5.74. The largest absolute Gasteiger partial charge is 0.491 e. The summed E-state index contributed by atoms with van der Waals surface area (Å²) >= 11 is 0. The average molecular weight is 324 g/mol. The summed E-state index contributed by atoms with van der Waals surface area (Å²) in [5, 5.41) is 20.2. The molecule has 124 valence electrons. The van der Waals surface area contributed by atoms with Crippen molar-refractivity contribution in [3.05, 3.63) is 59.8 Å². The van der Waals surface area contributed by atoms with E-state index in [0.29, 0.717) is 5.88 Å². The second kappa shape index (κ2) is 7.27. The van der Waals surface area contributed by atoms with E-state index in [-0.39, 0.29) is 13.2 Å². The van der Waals surface area contributed by atoms with Crippen LogP contribution in [0.25, 0.3) is 10.8 Å². The summed E-state index contributed by atoms with van der Waals surface area (Å²) < 4.78 is 11.1. The first kappa shape index (κ1) is 16.2. The number of aromatic nitrogens is 2. The van der Waals surface area contributed by atoms with E-state index in [1.54, 1.807) is 6.07 Å². The van der Waals surface area contributed by atoms with Crippen molar-refractivity contribution in [1.29, 1.82) is 0 Å². The molecular formula is C19H20N2O3. The summed E-state index contributed by atoms with van der Waals surface area (Å²) in [6.07, 6.45) is -0.750. The smallest absolute Gasteiger partial charge is 0.233 e. The molecule has 0 aliphatic carbocycles. The fourth-order valence-corrected chi connectivity index (χ4v) is 2.27. The van der Waals surface area contributed by atoms with Crippen molar-refractivity contribution < 1.29 is 14.6 Å². The van der Waals surface area contributed by atoms with E-state index < -0.39 is 6.10 Å². The van der Waals surface area contributed by atoms with Gasteiger partial charge in [0.25, 0.3) is 0 Å². The summed E-state index contributed by atoms with van der Waals surface area (Å²) in [6, 6.07) is 15.7. The highest BCUT2D eigenvalue weighted by molar-refractivity contribution is 5.83. The van der Waals surface area contributed by atoms with Gasteiger partial charge in [-0.15, -0.1) is 5.10 Å². The van der Waals surface area contributed by atoms with E-state index in [2.05, 4.69) is 10.2 Å². The molecule has 0 fully saturated rings. The van der Waals surface area contributed by atoms with Gasteiger partial charge in [0.15, 0.2) is 0 Å². The van der Waals surface area contributed by atoms with Crippen LogP contribution in [0, 0.1) is 13.8 Å². The summed E-state index contributed by atoms with van der Waals surface area (Å²) in [4.78, 5) is 0. The molecular weight excluding hydrogens is 304 g/mol. The number of fused-ring (bicyclic) bond motifs is 1. The number of benzene rings is 2. The van der Waals surface area contributed by atoms with Crippen molar-refractivity contribution in [3.63, 3.8) is 0 Å². The van der Waals surface area contributed by atoms with Gasteiger partial charge in [0.2, 0.25) is 5.88 Å². The minimum Gasteiger partial charge on any atom is -0.491 e. The molecule has 0 amide bonds. The lowest BCUT2D eigenvalue weighted by atomic mass is 10.1. The Labute approximate surface area is 140 Å². The number of ether oxygens (including phenoxy) is 2. The molecule has 0 bridgehead atoms. The Morgan fingerprint density at radius 2 is 1.67 bits per heavy atom. The minimum atomic E-state index is -0.750. The first-order chi connectivity index (χ1) is 11.6. The van der Waals surface area contributed by atoms with Crippen LogP contribution in [0.4, 0.5) is 0 Å². The van der Waals surface area contributed by atoms with Gasteiger partial charge in [0.1, 0.15) is 25.1 Å². The van der Waals surface area contributed by atoms with Crippen LogP contribution in [0.5, 0.6) is 11.6 Å². The fraction of sp³-hybridized carbons (Fsp3) is 0.263. The zero-order valence-electron chi connectivity index (χ0n) is 13.8. The van der Waals surface area contributed by atoms with E-state index in [0.717, 1.165) is 27.8 Å². The predicted octanol–water partition coefficient (Wildman–Crippen LogP) is 3.07. The zero-order valence-corrected chi connectivity index (χ0v) is 13.8. The molecule has 0 saturated carbocycles. The lowest BCUT2D eigenvalue weighted by molar-refractivity contribution is 0.0606. The number of nitrogens with zero attached hydrogens (tertiary/aromatic N) is 2. The van der Waals surface area contributed by atoms with Crippen LogP contribution in [-0.2, 0) is 0 Å². The van der Waals surface area contributed by atoms with Gasteiger partial charge in [-0.25, -0.2) is 0 Å². The molecule has 1 aromatic heterocycles. The molecule has 24 heavy (non-hydrogen) atoms. The minimum absolute atomic E-state index is 0.102. The number of hydrogen-bond acceptors (Lipinski definition) is 5. The first-order valence-corrected chi connectivity index (χ1v) is 7.85. The third kappa shape index (κ3) is 4.00. The maximum Gasteiger partial charge on any atom is 0.233 e. The molecule has 1 unspecified atom stereocenters. The van der Waals surface area contributed by atoms with Gasteiger partial charge in [-0.3, -0.25) is 0 Å². The highest BCUT2D eigenvalue weighted by Crippen LogP contribution is 2.20. The second-order valence-corrected chi connectivity index (χ2v) is 5.74. The van der Waals surface area contributed by atoms with Crippen molar-refractivity contribution >= 4 is 10.8 Å². The van der Waals surface area contributed by atoms with Crippen molar-refractivity contribution in [3.8, 4) is 11.6 Å². The van der Waals surface area contributed by atoms with Crippen LogP contribution in [0.3, 0.4) is 0 Å². The number of aryl methyl sites for hydroxylation is 2. The van der Waals surface area contributed by atoms with Gasteiger partial charge in [-0.1, -0.05) is 30.3 Å². The van der Waals surface area contributed by atoms with Crippen molar-refractivity contribution in [1.82, 2.24) is 10.2 Å². The molecule has 0 spiro atoms. The molecule has 5 nitrogen and oxygen atoms in total. The van der Waals surface area contributed by atoms with Crippen molar-refractivity contribution in [2.45, 2.75) is 20.0 Å². The van der Waals surface area contributed by atoms with Gasteiger partial charge >= 0.3 is 0 Å². The number of aliphatic hydroxyl groups is 1. The summed E-state index contributed by atoms with van der Waals surface area (Å²) in [6.45, 7) is 4.08. The van der Waals surface area contributed by atoms with E-state index in [1.165, 1.54) is 0 Å². The van der Waals surface area contributed by atoms with Gasteiger partial charge in [-0.05, 0) is 42.3 Å². The Hall–Kier alpha value is -2.66. The Morgan fingerprint density at radius 1 is 0.917 bits per heavy atom. The number of rotatable bonds is 6. The molecule has 2 aromatic carbocycles. The van der Waals surface area contributed by atoms with Crippen LogP contribution in [0.1, 0.15) is 11.3 Å². The van der Waals surface area contributed by atoms with Crippen LogP contribution < -0.4 is 9.47 Å². The molecule has 1 heterocycles. The highest BCUT2D eigenvalue weighted by atomic mass is 16.5.